The predicted molar refractivity (Wildman–Crippen MR) is 157 cm³/mol. The van der Waals surface area contributed by atoms with E-state index in [2.05, 4.69) is 42.1 Å². The lowest BCUT2D eigenvalue weighted by Gasteiger charge is -2.35. The van der Waals surface area contributed by atoms with Gasteiger partial charge in [0.05, 0.1) is 17.7 Å². The van der Waals surface area contributed by atoms with E-state index in [4.69, 9.17) is 4.74 Å². The van der Waals surface area contributed by atoms with Crippen molar-refractivity contribution in [2.75, 3.05) is 13.1 Å². The molecule has 2 aromatic heterocycles. The largest absolute Gasteiger partial charge is 0.372 e. The van der Waals surface area contributed by atoms with Gasteiger partial charge in [0.1, 0.15) is 0 Å². The number of carbonyl (C=O) groups is 1. The number of hydrogen-bond donors (Lipinski definition) is 0. The van der Waals surface area contributed by atoms with Gasteiger partial charge < -0.3 is 9.64 Å². The lowest BCUT2D eigenvalue weighted by Crippen LogP contribution is -2.48. The van der Waals surface area contributed by atoms with Crippen molar-refractivity contribution in [3.8, 4) is 17.1 Å². The lowest BCUT2D eigenvalue weighted by atomic mass is 10.0. The number of ether oxygens (including phenoxy) is 1. The van der Waals surface area contributed by atoms with E-state index in [-0.39, 0.29) is 18.1 Å². The third kappa shape index (κ3) is 6.13. The molecular formula is C32H42N4O2. The predicted octanol–water partition coefficient (Wildman–Crippen LogP) is 7.26. The molecule has 2 atom stereocenters. The Balaban J connectivity index is 0.000000956. The van der Waals surface area contributed by atoms with Crippen LogP contribution in [0, 0.1) is 6.92 Å². The highest BCUT2D eigenvalue weighted by Crippen LogP contribution is 2.28. The second kappa shape index (κ2) is 13.3. The van der Waals surface area contributed by atoms with E-state index < -0.39 is 0 Å². The van der Waals surface area contributed by atoms with Crippen molar-refractivity contribution in [1.82, 2.24) is 19.4 Å². The maximum atomic E-state index is 13.3. The summed E-state index contributed by atoms with van der Waals surface area (Å²) in [4.78, 5) is 24.6. The van der Waals surface area contributed by atoms with E-state index >= 15 is 0 Å². The molecule has 1 amide bonds. The molecule has 6 heteroatoms. The molecule has 5 rings (SSSR count). The van der Waals surface area contributed by atoms with Crippen LogP contribution < -0.4 is 0 Å². The number of amides is 1. The number of morpholine rings is 1. The topological polar surface area (TPSA) is 60.2 Å². The van der Waals surface area contributed by atoms with E-state index in [0.29, 0.717) is 24.6 Å². The van der Waals surface area contributed by atoms with E-state index in [1.165, 1.54) is 11.1 Å². The van der Waals surface area contributed by atoms with Gasteiger partial charge in [0.15, 0.2) is 0 Å². The first-order valence-corrected chi connectivity index (χ1v) is 13.9. The van der Waals surface area contributed by atoms with Crippen molar-refractivity contribution in [3.63, 3.8) is 0 Å². The molecule has 0 saturated carbocycles. The van der Waals surface area contributed by atoms with E-state index in [9.17, 15) is 4.79 Å². The van der Waals surface area contributed by atoms with Gasteiger partial charge in [-0.25, -0.2) is 9.97 Å². The number of carbonyl (C=O) groups excluding carboxylic acids is 1. The monoisotopic (exact) mass is 514 g/mol. The number of benzene rings is 2. The zero-order valence-electron chi connectivity index (χ0n) is 24.2. The summed E-state index contributed by atoms with van der Waals surface area (Å²) in [5.41, 5.74) is 6.12. The third-order valence-corrected chi connectivity index (χ3v) is 6.53. The van der Waals surface area contributed by atoms with Crippen LogP contribution in [0.1, 0.15) is 70.0 Å². The third-order valence-electron chi connectivity index (χ3n) is 6.53. The summed E-state index contributed by atoms with van der Waals surface area (Å²) < 4.78 is 7.80. The molecule has 0 N–H and O–H groups in total. The maximum absolute atomic E-state index is 13.3. The number of rotatable bonds is 4. The van der Waals surface area contributed by atoms with Crippen LogP contribution in [-0.4, -0.2) is 50.6 Å². The molecule has 0 bridgehead atoms. The second-order valence-electron chi connectivity index (χ2n) is 9.16. The Labute approximate surface area is 227 Å². The summed E-state index contributed by atoms with van der Waals surface area (Å²) in [6, 6.07) is 14.2. The molecule has 1 fully saturated rings. The molecule has 3 heterocycles. The molecule has 2 aromatic carbocycles. The quantitative estimate of drug-likeness (QED) is 0.288. The molecule has 6 nitrogen and oxygen atoms in total. The fraction of sp³-hybridized carbons (Fsp3) is 0.406. The Kier molecular flexibility index (Phi) is 10.2. The first-order valence-electron chi connectivity index (χ1n) is 13.9. The van der Waals surface area contributed by atoms with Crippen LogP contribution in [0.4, 0.5) is 0 Å². The van der Waals surface area contributed by atoms with E-state index in [1.54, 1.807) is 0 Å². The van der Waals surface area contributed by atoms with Gasteiger partial charge in [0.25, 0.3) is 5.91 Å². The number of aryl methyl sites for hydroxylation is 2. The van der Waals surface area contributed by atoms with E-state index in [1.807, 2.05) is 93.7 Å². The van der Waals surface area contributed by atoms with Gasteiger partial charge in [-0.2, -0.15) is 0 Å². The van der Waals surface area contributed by atoms with Crippen molar-refractivity contribution in [3.05, 3.63) is 77.7 Å². The van der Waals surface area contributed by atoms with Crippen molar-refractivity contribution < 1.29 is 9.53 Å². The van der Waals surface area contributed by atoms with Gasteiger partial charge in [-0.3, -0.25) is 9.36 Å². The van der Waals surface area contributed by atoms with Crippen molar-refractivity contribution in [2.45, 2.75) is 74.0 Å². The minimum absolute atomic E-state index is 0.0329. The van der Waals surface area contributed by atoms with Crippen LogP contribution >= 0.6 is 0 Å². The molecule has 1 saturated heterocycles. The van der Waals surface area contributed by atoms with Crippen LogP contribution in [-0.2, 0) is 11.2 Å². The Bertz CT molecular complexity index is 1330. The summed E-state index contributed by atoms with van der Waals surface area (Å²) in [5, 5.41) is 1.12. The van der Waals surface area contributed by atoms with Crippen LogP contribution in [0.15, 0.2) is 61.1 Å². The van der Waals surface area contributed by atoms with Crippen LogP contribution in [0.25, 0.3) is 28.0 Å². The molecule has 38 heavy (non-hydrogen) atoms. The molecule has 0 radical (unpaired) electrons. The molecule has 1 aliphatic heterocycles. The summed E-state index contributed by atoms with van der Waals surface area (Å²) in [5.74, 6) is 0.630. The van der Waals surface area contributed by atoms with Crippen molar-refractivity contribution in [2.24, 2.45) is 0 Å². The van der Waals surface area contributed by atoms with Gasteiger partial charge in [-0.1, -0.05) is 65.0 Å². The fourth-order valence-electron chi connectivity index (χ4n) is 4.89. The van der Waals surface area contributed by atoms with Crippen molar-refractivity contribution in [1.29, 1.82) is 0 Å². The number of aromatic nitrogens is 3. The highest BCUT2D eigenvalue weighted by molar-refractivity contribution is 5.99. The molecular weight excluding hydrogens is 472 g/mol. The van der Waals surface area contributed by atoms with Crippen LogP contribution in [0.3, 0.4) is 0 Å². The summed E-state index contributed by atoms with van der Waals surface area (Å²) in [6.45, 7) is 17.4. The normalized spacial score (nSPS) is 16.8. The van der Waals surface area contributed by atoms with Crippen LogP contribution in [0.5, 0.6) is 0 Å². The van der Waals surface area contributed by atoms with Gasteiger partial charge >= 0.3 is 0 Å². The zero-order chi connectivity index (χ0) is 27.8. The maximum Gasteiger partial charge on any atom is 0.254 e. The van der Waals surface area contributed by atoms with Gasteiger partial charge in [-0.05, 0) is 56.0 Å². The fourth-order valence-corrected chi connectivity index (χ4v) is 4.89. The van der Waals surface area contributed by atoms with E-state index in [0.717, 1.165) is 28.5 Å². The Morgan fingerprint density at radius 3 is 2.21 bits per heavy atom. The standard InChI is InChI=1S/C28H30N4O2.2C2H6/c1-5-21-17-32(28-29-13-23(14-30-28)24-9-7-6-8-18(24)2)26-12-22(10-11-25(21)26)27(33)31-15-19(3)34-20(4)16-31;2*1-2/h6-14,17,19-20H,5,15-16H2,1-4H3;2*1-2H3. The Hall–Kier alpha value is -3.51. The lowest BCUT2D eigenvalue weighted by molar-refractivity contribution is -0.0586. The summed E-state index contributed by atoms with van der Waals surface area (Å²) in [7, 11) is 0. The average molecular weight is 515 g/mol. The molecule has 2 unspecified atom stereocenters. The highest BCUT2D eigenvalue weighted by Gasteiger charge is 2.27. The summed E-state index contributed by atoms with van der Waals surface area (Å²) in [6.07, 6.45) is 6.78. The van der Waals surface area contributed by atoms with Gasteiger partial charge in [-0.15, -0.1) is 0 Å². The highest BCUT2D eigenvalue weighted by atomic mass is 16.5. The molecule has 202 valence electrons. The molecule has 0 aliphatic carbocycles. The minimum atomic E-state index is 0.0329. The number of fused-ring (bicyclic) bond motifs is 1. The Morgan fingerprint density at radius 1 is 0.974 bits per heavy atom. The first kappa shape index (κ1) is 29.1. The Morgan fingerprint density at radius 2 is 1.61 bits per heavy atom. The van der Waals surface area contributed by atoms with Gasteiger partial charge in [0, 0.05) is 48.2 Å². The smallest absolute Gasteiger partial charge is 0.254 e. The molecule has 0 spiro atoms. The number of nitrogens with zero attached hydrogens (tertiary/aromatic N) is 4. The minimum Gasteiger partial charge on any atom is -0.372 e. The van der Waals surface area contributed by atoms with Crippen molar-refractivity contribution >= 4 is 16.8 Å². The first-order chi connectivity index (χ1) is 18.4. The number of hydrogen-bond acceptors (Lipinski definition) is 4. The molecule has 4 aromatic rings. The zero-order valence-corrected chi connectivity index (χ0v) is 24.2. The van der Waals surface area contributed by atoms with Crippen LogP contribution in [0.2, 0.25) is 0 Å². The second-order valence-corrected chi connectivity index (χ2v) is 9.16. The average Bonchev–Trinajstić information content (AvgIpc) is 3.33. The SMILES string of the molecule is CC.CC.CCc1cn(-c2ncc(-c3ccccc3C)cn2)c2cc(C(=O)N3CC(C)OC(C)C3)ccc12. The summed E-state index contributed by atoms with van der Waals surface area (Å²) >= 11 is 0. The molecule has 1 aliphatic rings. The van der Waals surface area contributed by atoms with Gasteiger partial charge in [0.2, 0.25) is 5.95 Å².